The summed E-state index contributed by atoms with van der Waals surface area (Å²) in [4.78, 5) is 2.40. The van der Waals surface area contributed by atoms with Gasteiger partial charge in [-0.25, -0.2) is 0 Å². The first-order valence-electron chi connectivity index (χ1n) is 6.37. The molecule has 1 unspecified atom stereocenters. The third-order valence-corrected chi connectivity index (χ3v) is 3.38. The summed E-state index contributed by atoms with van der Waals surface area (Å²) in [6.07, 6.45) is 3.73. The minimum absolute atomic E-state index is 0.205. The van der Waals surface area contributed by atoms with Crippen molar-refractivity contribution < 1.29 is 5.11 Å². The maximum atomic E-state index is 9.75. The second-order valence-electron chi connectivity index (χ2n) is 4.61. The standard InChI is InChI=1S/C12H26N2O/c1-3-11-5-7-14(8-6-11)10-12(15)9-13-4-2/h11-13,15H,3-10H2,1-2H3. The van der Waals surface area contributed by atoms with Crippen LogP contribution in [0, 0.1) is 5.92 Å². The highest BCUT2D eigenvalue weighted by atomic mass is 16.3. The molecule has 3 nitrogen and oxygen atoms in total. The van der Waals surface area contributed by atoms with Gasteiger partial charge in [-0.2, -0.15) is 0 Å². The van der Waals surface area contributed by atoms with Crippen LogP contribution in [0.25, 0.3) is 0 Å². The Morgan fingerprint density at radius 3 is 2.53 bits per heavy atom. The molecule has 1 fully saturated rings. The van der Waals surface area contributed by atoms with Crippen LogP contribution in [0.2, 0.25) is 0 Å². The molecule has 0 aromatic carbocycles. The first kappa shape index (κ1) is 12.9. The average molecular weight is 214 g/mol. The Labute approximate surface area is 93.9 Å². The number of aliphatic hydroxyl groups excluding tert-OH is 1. The van der Waals surface area contributed by atoms with E-state index in [2.05, 4.69) is 24.1 Å². The molecule has 1 saturated heterocycles. The summed E-state index contributed by atoms with van der Waals surface area (Å²) < 4.78 is 0. The molecule has 90 valence electrons. The summed E-state index contributed by atoms with van der Waals surface area (Å²) in [5.74, 6) is 0.923. The van der Waals surface area contributed by atoms with Gasteiger partial charge in [-0.1, -0.05) is 20.3 Å². The highest BCUT2D eigenvalue weighted by Gasteiger charge is 2.19. The van der Waals surface area contributed by atoms with E-state index in [0.717, 1.165) is 25.6 Å². The van der Waals surface area contributed by atoms with Gasteiger partial charge >= 0.3 is 0 Å². The second kappa shape index (κ2) is 7.20. The molecule has 15 heavy (non-hydrogen) atoms. The van der Waals surface area contributed by atoms with Crippen molar-refractivity contribution in [1.82, 2.24) is 10.2 Å². The molecule has 1 aliphatic heterocycles. The number of aliphatic hydroxyl groups is 1. The molecular weight excluding hydrogens is 188 g/mol. The molecule has 0 saturated carbocycles. The van der Waals surface area contributed by atoms with E-state index >= 15 is 0 Å². The molecule has 0 amide bonds. The molecule has 0 spiro atoms. The molecule has 1 aliphatic rings. The highest BCUT2D eigenvalue weighted by molar-refractivity contribution is 4.74. The van der Waals surface area contributed by atoms with Gasteiger partial charge in [0, 0.05) is 13.1 Å². The fraction of sp³-hybridized carbons (Fsp3) is 1.00. The largest absolute Gasteiger partial charge is 0.390 e. The molecule has 3 heteroatoms. The number of rotatable bonds is 6. The van der Waals surface area contributed by atoms with Crippen molar-refractivity contribution in [3.63, 3.8) is 0 Å². The van der Waals surface area contributed by atoms with Gasteiger partial charge in [0.1, 0.15) is 0 Å². The quantitative estimate of drug-likeness (QED) is 0.694. The summed E-state index contributed by atoms with van der Waals surface area (Å²) in [5.41, 5.74) is 0. The topological polar surface area (TPSA) is 35.5 Å². The molecule has 1 rings (SSSR count). The van der Waals surface area contributed by atoms with Crippen molar-refractivity contribution in [3.8, 4) is 0 Å². The number of nitrogens with zero attached hydrogens (tertiary/aromatic N) is 1. The Bertz CT molecular complexity index is 156. The van der Waals surface area contributed by atoms with Crippen LogP contribution in [0.5, 0.6) is 0 Å². The van der Waals surface area contributed by atoms with Crippen LogP contribution in [-0.4, -0.2) is 48.8 Å². The maximum Gasteiger partial charge on any atom is 0.0791 e. The molecule has 1 atom stereocenters. The molecule has 0 aromatic rings. The third kappa shape index (κ3) is 4.96. The molecule has 0 bridgehead atoms. The zero-order valence-corrected chi connectivity index (χ0v) is 10.2. The summed E-state index contributed by atoms with van der Waals surface area (Å²) in [5, 5.41) is 12.9. The predicted octanol–water partition coefficient (Wildman–Crippen LogP) is 1.08. The number of likely N-dealkylation sites (tertiary alicyclic amines) is 1. The summed E-state index contributed by atoms with van der Waals surface area (Å²) >= 11 is 0. The Balaban J connectivity index is 2.12. The number of piperidine rings is 1. The molecule has 0 radical (unpaired) electrons. The van der Waals surface area contributed by atoms with Gasteiger partial charge in [0.2, 0.25) is 0 Å². The normalized spacial score (nSPS) is 21.8. The molecule has 0 aliphatic carbocycles. The summed E-state index contributed by atoms with van der Waals surface area (Å²) in [6, 6.07) is 0. The Morgan fingerprint density at radius 1 is 1.33 bits per heavy atom. The lowest BCUT2D eigenvalue weighted by atomic mass is 9.94. The third-order valence-electron chi connectivity index (χ3n) is 3.38. The summed E-state index contributed by atoms with van der Waals surface area (Å²) in [7, 11) is 0. The first-order chi connectivity index (χ1) is 7.26. The van der Waals surface area contributed by atoms with Gasteiger partial charge in [-0.15, -0.1) is 0 Å². The van der Waals surface area contributed by atoms with E-state index in [1.807, 2.05) is 0 Å². The first-order valence-corrected chi connectivity index (χ1v) is 6.37. The average Bonchev–Trinajstić information content (AvgIpc) is 2.27. The maximum absolute atomic E-state index is 9.75. The molecule has 2 N–H and O–H groups in total. The number of β-amino-alcohol motifs (C(OH)–C–C–N with tert-alkyl or cyclic N) is 1. The van der Waals surface area contributed by atoms with E-state index in [0.29, 0.717) is 0 Å². The molecule has 0 aromatic heterocycles. The van der Waals surface area contributed by atoms with Crippen molar-refractivity contribution in [2.75, 3.05) is 32.7 Å². The number of hydrogen-bond acceptors (Lipinski definition) is 3. The van der Waals surface area contributed by atoms with Gasteiger partial charge < -0.3 is 15.3 Å². The van der Waals surface area contributed by atoms with Crippen molar-refractivity contribution in [2.24, 2.45) is 5.92 Å². The fourth-order valence-corrected chi connectivity index (χ4v) is 2.25. The van der Waals surface area contributed by atoms with Gasteiger partial charge in [-0.05, 0) is 38.4 Å². The zero-order chi connectivity index (χ0) is 11.1. The monoisotopic (exact) mass is 214 g/mol. The minimum atomic E-state index is -0.205. The van der Waals surface area contributed by atoms with E-state index in [1.54, 1.807) is 0 Å². The van der Waals surface area contributed by atoms with E-state index in [4.69, 9.17) is 0 Å². The lowest BCUT2D eigenvalue weighted by Gasteiger charge is -2.32. The Morgan fingerprint density at radius 2 is 2.00 bits per heavy atom. The van der Waals surface area contributed by atoms with Gasteiger partial charge in [0.15, 0.2) is 0 Å². The second-order valence-corrected chi connectivity index (χ2v) is 4.61. The Kier molecular flexibility index (Phi) is 6.22. The van der Waals surface area contributed by atoms with Crippen LogP contribution >= 0.6 is 0 Å². The van der Waals surface area contributed by atoms with Crippen LogP contribution in [0.3, 0.4) is 0 Å². The smallest absolute Gasteiger partial charge is 0.0791 e. The lowest BCUT2D eigenvalue weighted by Crippen LogP contribution is -2.42. The Hall–Kier alpha value is -0.120. The number of hydrogen-bond donors (Lipinski definition) is 2. The minimum Gasteiger partial charge on any atom is -0.390 e. The highest BCUT2D eigenvalue weighted by Crippen LogP contribution is 2.19. The van der Waals surface area contributed by atoms with Gasteiger partial charge in [0.05, 0.1) is 6.10 Å². The van der Waals surface area contributed by atoms with Crippen molar-refractivity contribution in [2.45, 2.75) is 39.2 Å². The van der Waals surface area contributed by atoms with Crippen LogP contribution in [-0.2, 0) is 0 Å². The van der Waals surface area contributed by atoms with E-state index < -0.39 is 0 Å². The molecule has 1 heterocycles. The van der Waals surface area contributed by atoms with Crippen molar-refractivity contribution in [1.29, 1.82) is 0 Å². The lowest BCUT2D eigenvalue weighted by molar-refractivity contribution is 0.0885. The SMILES string of the molecule is CCNCC(O)CN1CCC(CC)CC1. The van der Waals surface area contributed by atoms with Crippen LogP contribution in [0.15, 0.2) is 0 Å². The molecular formula is C12H26N2O. The number of likely N-dealkylation sites (N-methyl/N-ethyl adjacent to an activating group) is 1. The predicted molar refractivity (Wildman–Crippen MR) is 64.0 cm³/mol. The zero-order valence-electron chi connectivity index (χ0n) is 10.2. The van der Waals surface area contributed by atoms with E-state index in [9.17, 15) is 5.11 Å². The van der Waals surface area contributed by atoms with E-state index in [1.165, 1.54) is 32.4 Å². The van der Waals surface area contributed by atoms with Crippen LogP contribution in [0.4, 0.5) is 0 Å². The van der Waals surface area contributed by atoms with Gasteiger partial charge in [0.25, 0.3) is 0 Å². The van der Waals surface area contributed by atoms with Gasteiger partial charge in [-0.3, -0.25) is 0 Å². The number of nitrogens with one attached hydrogen (secondary N) is 1. The van der Waals surface area contributed by atoms with Crippen molar-refractivity contribution in [3.05, 3.63) is 0 Å². The van der Waals surface area contributed by atoms with E-state index in [-0.39, 0.29) is 6.10 Å². The van der Waals surface area contributed by atoms with Crippen LogP contribution < -0.4 is 5.32 Å². The van der Waals surface area contributed by atoms with Crippen molar-refractivity contribution >= 4 is 0 Å². The fourth-order valence-electron chi connectivity index (χ4n) is 2.25. The summed E-state index contributed by atoms with van der Waals surface area (Å²) in [6.45, 7) is 9.19. The van der Waals surface area contributed by atoms with Crippen LogP contribution in [0.1, 0.15) is 33.1 Å².